The van der Waals surface area contributed by atoms with E-state index < -0.39 is 0 Å². The van der Waals surface area contributed by atoms with E-state index in [1.165, 1.54) is 5.56 Å². The second-order valence-electron chi connectivity index (χ2n) is 6.94. The van der Waals surface area contributed by atoms with Crippen LogP contribution in [0.1, 0.15) is 35.7 Å². The lowest BCUT2D eigenvalue weighted by Crippen LogP contribution is -2.11. The molecule has 28 heavy (non-hydrogen) atoms. The molecule has 4 aromatic rings. The van der Waals surface area contributed by atoms with E-state index in [4.69, 9.17) is 16.0 Å². The molecule has 0 saturated carbocycles. The summed E-state index contributed by atoms with van der Waals surface area (Å²) in [7, 11) is 0. The molecular formula is C23H19ClN2O2. The first-order chi connectivity index (χ1) is 13.5. The first kappa shape index (κ1) is 18.3. The first-order valence-corrected chi connectivity index (χ1v) is 9.45. The minimum absolute atomic E-state index is 0.201. The van der Waals surface area contributed by atoms with Crippen molar-refractivity contribution in [3.8, 4) is 11.5 Å². The van der Waals surface area contributed by atoms with Crippen LogP contribution in [0.15, 0.2) is 71.1 Å². The number of fused-ring (bicyclic) bond motifs is 1. The van der Waals surface area contributed by atoms with Crippen LogP contribution < -0.4 is 5.32 Å². The average Bonchev–Trinajstić information content (AvgIpc) is 3.12. The predicted molar refractivity (Wildman–Crippen MR) is 113 cm³/mol. The summed E-state index contributed by atoms with van der Waals surface area (Å²) in [5, 5.41) is 3.49. The number of hydrogen-bond donors (Lipinski definition) is 1. The third kappa shape index (κ3) is 3.78. The summed E-state index contributed by atoms with van der Waals surface area (Å²) in [6, 6.07) is 20.3. The Morgan fingerprint density at radius 3 is 2.57 bits per heavy atom. The van der Waals surface area contributed by atoms with Crippen molar-refractivity contribution in [1.82, 2.24) is 4.98 Å². The molecule has 4 nitrogen and oxygen atoms in total. The van der Waals surface area contributed by atoms with Crippen molar-refractivity contribution >= 4 is 34.3 Å². The molecule has 0 aliphatic carbocycles. The third-order valence-electron chi connectivity index (χ3n) is 4.55. The van der Waals surface area contributed by atoms with Gasteiger partial charge in [-0.1, -0.05) is 37.6 Å². The van der Waals surface area contributed by atoms with Crippen molar-refractivity contribution in [2.45, 2.75) is 19.8 Å². The van der Waals surface area contributed by atoms with E-state index in [2.05, 4.69) is 36.3 Å². The fourth-order valence-corrected chi connectivity index (χ4v) is 3.09. The molecule has 0 atom stereocenters. The second kappa shape index (κ2) is 7.49. The molecule has 1 aromatic heterocycles. The fourth-order valence-electron chi connectivity index (χ4n) is 2.96. The minimum Gasteiger partial charge on any atom is -0.436 e. The van der Waals surface area contributed by atoms with Crippen LogP contribution in [0.3, 0.4) is 0 Å². The maximum atomic E-state index is 12.4. The molecule has 1 heterocycles. The summed E-state index contributed by atoms with van der Waals surface area (Å²) in [6.45, 7) is 4.30. The van der Waals surface area contributed by atoms with E-state index in [1.807, 2.05) is 30.3 Å². The quantitative estimate of drug-likeness (QED) is 0.431. The van der Waals surface area contributed by atoms with E-state index >= 15 is 0 Å². The number of carbonyl (C=O) groups is 1. The number of carbonyl (C=O) groups excluding carboxylic acids is 1. The van der Waals surface area contributed by atoms with Gasteiger partial charge in [-0.25, -0.2) is 4.98 Å². The Kier molecular flexibility index (Phi) is 4.88. The third-order valence-corrected chi connectivity index (χ3v) is 4.80. The van der Waals surface area contributed by atoms with Crippen LogP contribution in [0, 0.1) is 0 Å². The van der Waals surface area contributed by atoms with Crippen molar-refractivity contribution in [1.29, 1.82) is 0 Å². The summed E-state index contributed by atoms with van der Waals surface area (Å²) < 4.78 is 5.91. The number of oxazole rings is 1. The van der Waals surface area contributed by atoms with Crippen LogP contribution in [-0.4, -0.2) is 10.9 Å². The van der Waals surface area contributed by atoms with E-state index in [-0.39, 0.29) is 5.91 Å². The highest BCUT2D eigenvalue weighted by molar-refractivity contribution is 6.30. The zero-order valence-electron chi connectivity index (χ0n) is 15.6. The molecule has 5 heteroatoms. The monoisotopic (exact) mass is 390 g/mol. The van der Waals surface area contributed by atoms with Crippen LogP contribution in [-0.2, 0) is 0 Å². The van der Waals surface area contributed by atoms with Gasteiger partial charge in [0.15, 0.2) is 5.58 Å². The van der Waals surface area contributed by atoms with Crippen LogP contribution in [0.4, 0.5) is 5.69 Å². The number of aromatic nitrogens is 1. The van der Waals surface area contributed by atoms with Crippen molar-refractivity contribution in [2.24, 2.45) is 0 Å². The number of nitrogens with zero attached hydrogens (tertiary/aromatic N) is 1. The lowest BCUT2D eigenvalue weighted by molar-refractivity contribution is 0.102. The minimum atomic E-state index is -0.201. The zero-order chi connectivity index (χ0) is 19.7. The Bertz CT molecular complexity index is 1150. The molecule has 0 aliphatic rings. The highest BCUT2D eigenvalue weighted by Crippen LogP contribution is 2.28. The summed E-state index contributed by atoms with van der Waals surface area (Å²) in [5.74, 6) is 0.752. The molecule has 0 radical (unpaired) electrons. The van der Waals surface area contributed by atoms with Gasteiger partial charge in [-0.05, 0) is 66.1 Å². The SMILES string of the molecule is CC(C)c1ccc2oc(-c3cccc(NC(=O)c4ccc(Cl)cc4)c3)nc2c1. The number of amides is 1. The van der Waals surface area contributed by atoms with Crippen molar-refractivity contribution in [2.75, 3.05) is 5.32 Å². The van der Waals surface area contributed by atoms with Gasteiger partial charge in [0.05, 0.1) is 0 Å². The number of rotatable bonds is 4. The molecule has 0 unspecified atom stereocenters. The fraction of sp³-hybridized carbons (Fsp3) is 0.130. The van der Waals surface area contributed by atoms with Crippen LogP contribution >= 0.6 is 11.6 Å². The van der Waals surface area contributed by atoms with Crippen LogP contribution in [0.25, 0.3) is 22.6 Å². The summed E-state index contributed by atoms with van der Waals surface area (Å²) >= 11 is 5.88. The Hall–Kier alpha value is -3.11. The summed E-state index contributed by atoms with van der Waals surface area (Å²) in [6.07, 6.45) is 0. The molecule has 0 bridgehead atoms. The van der Waals surface area contributed by atoms with Gasteiger partial charge in [0, 0.05) is 21.8 Å². The van der Waals surface area contributed by atoms with Crippen molar-refractivity contribution in [3.63, 3.8) is 0 Å². The standard InChI is InChI=1S/C23H19ClN2O2/c1-14(2)16-8-11-21-20(13-16)26-23(28-21)17-4-3-5-19(12-17)25-22(27)15-6-9-18(24)10-7-15/h3-14H,1-2H3,(H,25,27). The van der Waals surface area contributed by atoms with Gasteiger partial charge < -0.3 is 9.73 Å². The predicted octanol–water partition coefficient (Wildman–Crippen LogP) is 6.52. The van der Waals surface area contributed by atoms with Gasteiger partial charge in [0.25, 0.3) is 5.91 Å². The number of benzene rings is 3. The van der Waals surface area contributed by atoms with Gasteiger partial charge in [0.2, 0.25) is 5.89 Å². The Morgan fingerprint density at radius 2 is 1.82 bits per heavy atom. The van der Waals surface area contributed by atoms with Crippen molar-refractivity contribution < 1.29 is 9.21 Å². The molecule has 140 valence electrons. The topological polar surface area (TPSA) is 55.1 Å². The van der Waals surface area contributed by atoms with Crippen LogP contribution in [0.5, 0.6) is 0 Å². The lowest BCUT2D eigenvalue weighted by atomic mass is 10.0. The van der Waals surface area contributed by atoms with Gasteiger partial charge in [0.1, 0.15) is 5.52 Å². The molecule has 0 spiro atoms. The Balaban J connectivity index is 1.60. The number of hydrogen-bond acceptors (Lipinski definition) is 3. The molecule has 1 N–H and O–H groups in total. The summed E-state index contributed by atoms with van der Waals surface area (Å²) in [4.78, 5) is 17.0. The van der Waals surface area contributed by atoms with E-state index in [0.29, 0.717) is 28.1 Å². The Morgan fingerprint density at radius 1 is 1.04 bits per heavy atom. The van der Waals surface area contributed by atoms with E-state index in [9.17, 15) is 4.79 Å². The Labute approximate surface area is 168 Å². The van der Waals surface area contributed by atoms with Gasteiger partial charge in [-0.2, -0.15) is 0 Å². The molecule has 0 fully saturated rings. The first-order valence-electron chi connectivity index (χ1n) is 9.07. The van der Waals surface area contributed by atoms with E-state index in [0.717, 1.165) is 16.7 Å². The summed E-state index contributed by atoms with van der Waals surface area (Å²) in [5.41, 5.74) is 4.81. The normalized spacial score (nSPS) is 11.1. The molecule has 4 rings (SSSR count). The number of halogens is 1. The maximum absolute atomic E-state index is 12.4. The molecule has 3 aromatic carbocycles. The van der Waals surface area contributed by atoms with Gasteiger partial charge >= 0.3 is 0 Å². The second-order valence-corrected chi connectivity index (χ2v) is 7.38. The number of nitrogens with one attached hydrogen (secondary N) is 1. The molecule has 1 amide bonds. The highest BCUT2D eigenvalue weighted by atomic mass is 35.5. The van der Waals surface area contributed by atoms with Gasteiger partial charge in [-0.3, -0.25) is 4.79 Å². The average molecular weight is 391 g/mol. The van der Waals surface area contributed by atoms with Crippen LogP contribution in [0.2, 0.25) is 5.02 Å². The molecule has 0 aliphatic heterocycles. The molecular weight excluding hydrogens is 372 g/mol. The smallest absolute Gasteiger partial charge is 0.255 e. The van der Waals surface area contributed by atoms with Gasteiger partial charge in [-0.15, -0.1) is 0 Å². The number of anilines is 1. The maximum Gasteiger partial charge on any atom is 0.255 e. The van der Waals surface area contributed by atoms with E-state index in [1.54, 1.807) is 24.3 Å². The highest BCUT2D eigenvalue weighted by Gasteiger charge is 2.12. The van der Waals surface area contributed by atoms with Crippen molar-refractivity contribution in [3.05, 3.63) is 82.9 Å². The zero-order valence-corrected chi connectivity index (χ0v) is 16.3. The largest absolute Gasteiger partial charge is 0.436 e. The molecule has 0 saturated heterocycles. The lowest BCUT2D eigenvalue weighted by Gasteiger charge is -2.06.